The third-order valence-corrected chi connectivity index (χ3v) is 3.88. The molecule has 1 aromatic heterocycles. The van der Waals surface area contributed by atoms with Gasteiger partial charge in [-0.3, -0.25) is 4.79 Å². The van der Waals surface area contributed by atoms with Gasteiger partial charge in [-0.1, -0.05) is 0 Å². The minimum absolute atomic E-state index is 0.0361. The van der Waals surface area contributed by atoms with Crippen molar-refractivity contribution in [3.63, 3.8) is 0 Å². The largest absolute Gasteiger partial charge is 0.466 e. The Bertz CT molecular complexity index is 514. The average Bonchev–Trinajstić information content (AvgIpc) is 2.84. The summed E-state index contributed by atoms with van der Waals surface area (Å²) in [7, 11) is 1.25. The molecule has 0 saturated carbocycles. The van der Waals surface area contributed by atoms with Gasteiger partial charge in [0, 0.05) is 6.08 Å². The third-order valence-electron chi connectivity index (χ3n) is 2.63. The maximum absolute atomic E-state index is 11.9. The van der Waals surface area contributed by atoms with E-state index in [-0.39, 0.29) is 11.5 Å². The number of hydrogen-bond donors (Lipinski definition) is 0. The summed E-state index contributed by atoms with van der Waals surface area (Å²) in [4.78, 5) is 24.0. The molecule has 4 nitrogen and oxygen atoms in total. The molecule has 1 aromatic rings. The number of hydrogen-bond acceptors (Lipinski definition) is 5. The smallest absolute Gasteiger partial charge is 0.373 e. The van der Waals surface area contributed by atoms with Crippen molar-refractivity contribution in [3.05, 3.63) is 33.7 Å². The highest BCUT2D eigenvalue weighted by molar-refractivity contribution is 7.10. The molecule has 1 unspecified atom stereocenters. The summed E-state index contributed by atoms with van der Waals surface area (Å²) in [6.07, 6.45) is 1.20. The lowest BCUT2D eigenvalue weighted by molar-refractivity contribution is -0.144. The molecule has 0 amide bonds. The van der Waals surface area contributed by atoms with Gasteiger partial charge in [-0.25, -0.2) is 4.79 Å². The van der Waals surface area contributed by atoms with Crippen LogP contribution in [-0.4, -0.2) is 18.9 Å². The Balaban J connectivity index is 2.32. The van der Waals surface area contributed by atoms with Gasteiger partial charge in [0.2, 0.25) is 17.1 Å². The molecule has 2 rings (SSSR count). The first-order valence-electron chi connectivity index (χ1n) is 5.06. The van der Waals surface area contributed by atoms with Crippen LogP contribution in [-0.2, 0) is 24.7 Å². The van der Waals surface area contributed by atoms with Crippen LogP contribution in [0.1, 0.15) is 17.4 Å². The van der Waals surface area contributed by atoms with Gasteiger partial charge in [-0.15, -0.1) is 11.3 Å². The fourth-order valence-corrected chi connectivity index (χ4v) is 2.61. The molecular formula is C12H12O4S. The number of aryl methyl sites for hydroxylation is 1. The van der Waals surface area contributed by atoms with E-state index in [2.05, 4.69) is 4.74 Å². The quantitative estimate of drug-likeness (QED) is 0.755. The summed E-state index contributed by atoms with van der Waals surface area (Å²) < 4.78 is 10.00. The lowest BCUT2D eigenvalue weighted by Crippen LogP contribution is -2.29. The lowest BCUT2D eigenvalue weighted by atomic mass is 10.00. The SMILES string of the molecule is COC(=O)C1=CC(=O)C(C)(c2cc(C)cs2)O1. The second-order valence-electron chi connectivity index (χ2n) is 3.99. The Kier molecular flexibility index (Phi) is 2.79. The third kappa shape index (κ3) is 1.86. The Hall–Kier alpha value is -1.62. The van der Waals surface area contributed by atoms with Crippen molar-refractivity contribution in [2.75, 3.05) is 7.11 Å². The summed E-state index contributed by atoms with van der Waals surface area (Å²) in [6.45, 7) is 3.60. The molecular weight excluding hydrogens is 240 g/mol. The van der Waals surface area contributed by atoms with E-state index in [1.165, 1.54) is 24.5 Å². The van der Waals surface area contributed by atoms with Crippen LogP contribution in [0.25, 0.3) is 0 Å². The molecule has 0 bridgehead atoms. The zero-order valence-corrected chi connectivity index (χ0v) is 10.6. The van der Waals surface area contributed by atoms with Crippen LogP contribution in [0.2, 0.25) is 0 Å². The highest BCUT2D eigenvalue weighted by Gasteiger charge is 2.44. The van der Waals surface area contributed by atoms with E-state index in [1.807, 2.05) is 18.4 Å². The second kappa shape index (κ2) is 4.00. The number of ether oxygens (including phenoxy) is 2. The molecule has 0 aliphatic carbocycles. The first-order valence-corrected chi connectivity index (χ1v) is 5.94. The maximum atomic E-state index is 11.9. The maximum Gasteiger partial charge on any atom is 0.373 e. The zero-order valence-electron chi connectivity index (χ0n) is 9.77. The monoisotopic (exact) mass is 252 g/mol. The molecule has 0 N–H and O–H groups in total. The summed E-state index contributed by atoms with van der Waals surface area (Å²) in [5.74, 6) is -0.902. The van der Waals surface area contributed by atoms with Crippen molar-refractivity contribution in [3.8, 4) is 0 Å². The predicted molar refractivity (Wildman–Crippen MR) is 62.6 cm³/mol. The van der Waals surface area contributed by atoms with E-state index in [4.69, 9.17) is 4.74 Å². The number of carbonyl (C=O) groups excluding carboxylic acids is 2. The van der Waals surface area contributed by atoms with Crippen molar-refractivity contribution in [2.45, 2.75) is 19.4 Å². The van der Waals surface area contributed by atoms with Gasteiger partial charge in [0.25, 0.3) is 0 Å². The van der Waals surface area contributed by atoms with Crippen LogP contribution in [0.4, 0.5) is 0 Å². The van der Waals surface area contributed by atoms with E-state index in [9.17, 15) is 9.59 Å². The molecule has 5 heteroatoms. The molecule has 0 aromatic carbocycles. The Morgan fingerprint density at radius 2 is 2.24 bits per heavy atom. The van der Waals surface area contributed by atoms with Crippen molar-refractivity contribution in [1.82, 2.24) is 0 Å². The van der Waals surface area contributed by atoms with Crippen LogP contribution in [0.5, 0.6) is 0 Å². The van der Waals surface area contributed by atoms with Gasteiger partial charge >= 0.3 is 5.97 Å². The van der Waals surface area contributed by atoms with Crippen LogP contribution in [0.3, 0.4) is 0 Å². The molecule has 90 valence electrons. The van der Waals surface area contributed by atoms with Crippen LogP contribution < -0.4 is 0 Å². The van der Waals surface area contributed by atoms with Gasteiger partial charge < -0.3 is 9.47 Å². The first kappa shape index (κ1) is 11.9. The van der Waals surface area contributed by atoms with Crippen molar-refractivity contribution in [2.24, 2.45) is 0 Å². The average molecular weight is 252 g/mol. The number of esters is 1. The van der Waals surface area contributed by atoms with Crippen LogP contribution >= 0.6 is 11.3 Å². The standard InChI is InChI=1S/C12H12O4S/c1-7-4-10(17-6-7)12(2)9(13)5-8(16-12)11(14)15-3/h4-6H,1-3H3. The lowest BCUT2D eigenvalue weighted by Gasteiger charge is -2.21. The van der Waals surface area contributed by atoms with Crippen LogP contribution in [0, 0.1) is 6.92 Å². The molecule has 17 heavy (non-hydrogen) atoms. The van der Waals surface area contributed by atoms with Crippen molar-refractivity contribution in [1.29, 1.82) is 0 Å². The number of methoxy groups -OCH3 is 1. The molecule has 2 heterocycles. The molecule has 1 aliphatic heterocycles. The normalized spacial score (nSPS) is 23.2. The van der Waals surface area contributed by atoms with E-state index >= 15 is 0 Å². The number of rotatable bonds is 2. The topological polar surface area (TPSA) is 52.6 Å². The highest BCUT2D eigenvalue weighted by atomic mass is 32.1. The highest BCUT2D eigenvalue weighted by Crippen LogP contribution is 2.38. The molecule has 0 spiro atoms. The van der Waals surface area contributed by atoms with E-state index in [0.29, 0.717) is 0 Å². The zero-order chi connectivity index (χ0) is 12.6. The van der Waals surface area contributed by atoms with Gasteiger partial charge in [-0.05, 0) is 30.9 Å². The summed E-state index contributed by atoms with van der Waals surface area (Å²) in [5, 5.41) is 1.94. The molecule has 0 saturated heterocycles. The van der Waals surface area contributed by atoms with Crippen LogP contribution in [0.15, 0.2) is 23.3 Å². The summed E-state index contributed by atoms with van der Waals surface area (Å²) >= 11 is 1.44. The second-order valence-corrected chi connectivity index (χ2v) is 4.90. The van der Waals surface area contributed by atoms with E-state index < -0.39 is 11.6 Å². The van der Waals surface area contributed by atoms with Gasteiger partial charge in [0.1, 0.15) is 0 Å². The van der Waals surface area contributed by atoms with Crippen molar-refractivity contribution >= 4 is 23.1 Å². The predicted octanol–water partition coefficient (Wildman–Crippen LogP) is 1.93. The summed E-state index contributed by atoms with van der Waals surface area (Å²) in [6, 6.07) is 1.89. The van der Waals surface area contributed by atoms with E-state index in [1.54, 1.807) is 6.92 Å². The Morgan fingerprint density at radius 3 is 2.76 bits per heavy atom. The first-order chi connectivity index (χ1) is 7.97. The molecule has 1 aliphatic rings. The van der Waals surface area contributed by atoms with Gasteiger partial charge in [-0.2, -0.15) is 0 Å². The molecule has 1 atom stereocenters. The molecule has 0 radical (unpaired) electrons. The minimum atomic E-state index is -1.09. The van der Waals surface area contributed by atoms with Gasteiger partial charge in [0.05, 0.1) is 12.0 Å². The van der Waals surface area contributed by atoms with Gasteiger partial charge in [0.15, 0.2) is 0 Å². The summed E-state index contributed by atoms with van der Waals surface area (Å²) in [5.41, 5.74) is -0.0308. The number of ketones is 1. The fourth-order valence-electron chi connectivity index (χ4n) is 1.61. The Morgan fingerprint density at radius 1 is 1.53 bits per heavy atom. The van der Waals surface area contributed by atoms with Crippen molar-refractivity contribution < 1.29 is 19.1 Å². The van der Waals surface area contributed by atoms with E-state index in [0.717, 1.165) is 10.4 Å². The number of carbonyl (C=O) groups is 2. The minimum Gasteiger partial charge on any atom is -0.466 e. The Labute approximate surface area is 103 Å². The number of thiophene rings is 1. The molecule has 0 fully saturated rings. The fraction of sp³-hybridized carbons (Fsp3) is 0.333.